The van der Waals surface area contributed by atoms with Crippen LogP contribution < -0.4 is 16.0 Å². The molecule has 0 unspecified atom stereocenters. The standard InChI is InChI=1S/C16H16FN5O2S/c17-5-11(6-18)8-24-12-3-1-10(2-4-12)7-22-14-13(19-9-20-14)15(23)21-16(22)25/h1-5,9H,6-8,18H2,(H,19,20)(H,21,23,25)/b11-5+. The van der Waals surface area contributed by atoms with Gasteiger partial charge in [-0.05, 0) is 29.9 Å². The van der Waals surface area contributed by atoms with Crippen LogP contribution in [0, 0.1) is 4.77 Å². The van der Waals surface area contributed by atoms with Crippen LogP contribution in [-0.4, -0.2) is 32.7 Å². The molecule has 0 radical (unpaired) electrons. The number of H-pyrrole nitrogens is 2. The van der Waals surface area contributed by atoms with Crippen LogP contribution in [0.15, 0.2) is 47.3 Å². The lowest BCUT2D eigenvalue weighted by Crippen LogP contribution is -2.15. The summed E-state index contributed by atoms with van der Waals surface area (Å²) < 4.78 is 20.0. The molecule has 2 aromatic heterocycles. The smallest absolute Gasteiger partial charge is 0.277 e. The highest BCUT2D eigenvalue weighted by Crippen LogP contribution is 2.15. The van der Waals surface area contributed by atoms with E-state index in [4.69, 9.17) is 22.7 Å². The molecule has 0 saturated carbocycles. The van der Waals surface area contributed by atoms with Crippen LogP contribution in [0.2, 0.25) is 0 Å². The Morgan fingerprint density at radius 2 is 2.16 bits per heavy atom. The van der Waals surface area contributed by atoms with Gasteiger partial charge >= 0.3 is 0 Å². The summed E-state index contributed by atoms with van der Waals surface area (Å²) in [6.07, 6.45) is 1.91. The fourth-order valence-electron chi connectivity index (χ4n) is 2.31. The number of hydrogen-bond acceptors (Lipinski definition) is 5. The Kier molecular flexibility index (Phi) is 5.05. The van der Waals surface area contributed by atoms with Crippen LogP contribution in [0.1, 0.15) is 5.56 Å². The van der Waals surface area contributed by atoms with Crippen molar-refractivity contribution in [1.82, 2.24) is 19.5 Å². The third-order valence-electron chi connectivity index (χ3n) is 3.67. The highest BCUT2D eigenvalue weighted by atomic mass is 32.1. The van der Waals surface area contributed by atoms with Crippen molar-refractivity contribution in [2.24, 2.45) is 5.73 Å². The molecule has 0 aliphatic rings. The largest absolute Gasteiger partial charge is 0.489 e. The maximum Gasteiger partial charge on any atom is 0.277 e. The molecule has 0 aliphatic heterocycles. The zero-order valence-corrected chi connectivity index (χ0v) is 14.0. The lowest BCUT2D eigenvalue weighted by molar-refractivity contribution is 0.347. The fraction of sp³-hybridized carbons (Fsp3) is 0.188. The molecule has 4 N–H and O–H groups in total. The molecule has 0 amide bonds. The van der Waals surface area contributed by atoms with Gasteiger partial charge in [0.2, 0.25) is 0 Å². The third-order valence-corrected chi connectivity index (χ3v) is 3.99. The molecule has 3 rings (SSSR count). The number of benzene rings is 1. The van der Waals surface area contributed by atoms with Gasteiger partial charge in [-0.25, -0.2) is 9.37 Å². The van der Waals surface area contributed by atoms with Crippen molar-refractivity contribution in [2.75, 3.05) is 13.2 Å². The number of imidazole rings is 1. The molecule has 1 aromatic carbocycles. The van der Waals surface area contributed by atoms with E-state index < -0.39 is 0 Å². The average molecular weight is 361 g/mol. The summed E-state index contributed by atoms with van der Waals surface area (Å²) in [5.74, 6) is 0.603. The molecule has 130 valence electrons. The minimum absolute atomic E-state index is 0.102. The molecule has 0 fully saturated rings. The highest BCUT2D eigenvalue weighted by molar-refractivity contribution is 7.71. The second-order valence-electron chi connectivity index (χ2n) is 5.35. The molecule has 0 saturated heterocycles. The third kappa shape index (κ3) is 3.67. The van der Waals surface area contributed by atoms with Gasteiger partial charge in [-0.1, -0.05) is 12.1 Å². The maximum absolute atomic E-state index is 12.5. The summed E-state index contributed by atoms with van der Waals surface area (Å²) in [4.78, 5) is 21.4. The van der Waals surface area contributed by atoms with Gasteiger partial charge in [0, 0.05) is 12.1 Å². The van der Waals surface area contributed by atoms with E-state index in [1.807, 2.05) is 12.1 Å². The summed E-state index contributed by atoms with van der Waals surface area (Å²) in [5, 5.41) is 0. The van der Waals surface area contributed by atoms with Crippen molar-refractivity contribution in [2.45, 2.75) is 6.54 Å². The van der Waals surface area contributed by atoms with Crippen LogP contribution >= 0.6 is 12.2 Å². The first-order valence-electron chi connectivity index (χ1n) is 7.48. The summed E-state index contributed by atoms with van der Waals surface area (Å²) in [6, 6.07) is 7.28. The number of nitrogens with one attached hydrogen (secondary N) is 2. The Balaban J connectivity index is 1.80. The van der Waals surface area contributed by atoms with E-state index in [2.05, 4.69) is 15.0 Å². The number of nitrogens with two attached hydrogens (primary N) is 1. The predicted octanol–water partition coefficient (Wildman–Crippen LogP) is 2.02. The van der Waals surface area contributed by atoms with Crippen molar-refractivity contribution >= 4 is 23.4 Å². The van der Waals surface area contributed by atoms with E-state index in [0.29, 0.717) is 40.1 Å². The lowest BCUT2D eigenvalue weighted by atomic mass is 10.2. The summed E-state index contributed by atoms with van der Waals surface area (Å²) in [5.41, 5.74) is 7.28. The van der Waals surface area contributed by atoms with Gasteiger partial charge in [-0.3, -0.25) is 14.3 Å². The SMILES string of the molecule is NC/C(=C\F)COc1ccc(Cn2c(=S)[nH]c(=O)c3[nH]cnc32)cc1. The van der Waals surface area contributed by atoms with Crippen molar-refractivity contribution in [1.29, 1.82) is 0 Å². The summed E-state index contributed by atoms with van der Waals surface area (Å²) in [6.45, 7) is 0.652. The number of fused-ring (bicyclic) bond motifs is 1. The molecule has 0 atom stereocenters. The maximum atomic E-state index is 12.5. The van der Waals surface area contributed by atoms with Gasteiger partial charge in [0.25, 0.3) is 5.56 Å². The lowest BCUT2D eigenvalue weighted by Gasteiger charge is -2.10. The van der Waals surface area contributed by atoms with E-state index in [1.54, 1.807) is 16.7 Å². The first kappa shape index (κ1) is 17.1. The molecule has 9 heteroatoms. The zero-order valence-electron chi connectivity index (χ0n) is 13.2. The van der Waals surface area contributed by atoms with Crippen LogP contribution in [0.5, 0.6) is 5.75 Å². The van der Waals surface area contributed by atoms with Crippen molar-refractivity contribution in [3.8, 4) is 5.75 Å². The van der Waals surface area contributed by atoms with Crippen LogP contribution in [0.25, 0.3) is 11.2 Å². The quantitative estimate of drug-likeness (QED) is 0.583. The van der Waals surface area contributed by atoms with Crippen LogP contribution in [-0.2, 0) is 6.54 Å². The van der Waals surface area contributed by atoms with Crippen molar-refractivity contribution in [3.63, 3.8) is 0 Å². The van der Waals surface area contributed by atoms with Gasteiger partial charge in [0.1, 0.15) is 17.9 Å². The zero-order chi connectivity index (χ0) is 17.8. The predicted molar refractivity (Wildman–Crippen MR) is 94.8 cm³/mol. The number of hydrogen-bond donors (Lipinski definition) is 3. The van der Waals surface area contributed by atoms with Gasteiger partial charge < -0.3 is 15.5 Å². The number of nitrogens with zero attached hydrogens (tertiary/aromatic N) is 2. The fourth-order valence-corrected chi connectivity index (χ4v) is 2.56. The van der Waals surface area contributed by atoms with E-state index in [1.165, 1.54) is 6.33 Å². The highest BCUT2D eigenvalue weighted by Gasteiger charge is 2.08. The van der Waals surface area contributed by atoms with Gasteiger partial charge in [-0.2, -0.15) is 0 Å². The topological polar surface area (TPSA) is 102 Å². The van der Waals surface area contributed by atoms with E-state index in [-0.39, 0.29) is 18.7 Å². The second kappa shape index (κ2) is 7.41. The van der Waals surface area contributed by atoms with Crippen molar-refractivity contribution < 1.29 is 9.13 Å². The molecule has 25 heavy (non-hydrogen) atoms. The minimum atomic E-state index is -0.297. The first-order chi connectivity index (χ1) is 12.1. The Labute approximate surface area is 147 Å². The Hall–Kier alpha value is -2.78. The second-order valence-corrected chi connectivity index (χ2v) is 5.74. The molecular weight excluding hydrogens is 345 g/mol. The van der Waals surface area contributed by atoms with Gasteiger partial charge in [-0.15, -0.1) is 0 Å². The first-order valence-corrected chi connectivity index (χ1v) is 7.89. The average Bonchev–Trinajstić information content (AvgIpc) is 3.11. The summed E-state index contributed by atoms with van der Waals surface area (Å²) in [7, 11) is 0. The Morgan fingerprint density at radius 3 is 2.84 bits per heavy atom. The normalized spacial score (nSPS) is 11.8. The molecule has 2 heterocycles. The molecular formula is C16H16FN5O2S. The molecule has 3 aromatic rings. The Morgan fingerprint density at radius 1 is 1.40 bits per heavy atom. The molecule has 7 nitrogen and oxygen atoms in total. The molecule has 0 bridgehead atoms. The van der Waals surface area contributed by atoms with Crippen molar-refractivity contribution in [3.05, 3.63) is 63.2 Å². The van der Waals surface area contributed by atoms with Crippen LogP contribution in [0.3, 0.4) is 0 Å². The van der Waals surface area contributed by atoms with E-state index in [0.717, 1.165) is 5.56 Å². The number of halogens is 1. The molecule has 0 aliphatic carbocycles. The van der Waals surface area contributed by atoms with Gasteiger partial charge in [0.05, 0.1) is 19.2 Å². The number of rotatable bonds is 6. The van der Waals surface area contributed by atoms with E-state index in [9.17, 15) is 9.18 Å². The monoisotopic (exact) mass is 361 g/mol. The van der Waals surface area contributed by atoms with Crippen LogP contribution in [0.4, 0.5) is 4.39 Å². The Bertz CT molecular complexity index is 1020. The minimum Gasteiger partial charge on any atom is -0.489 e. The molecule has 0 spiro atoms. The number of aromatic amines is 2. The number of ether oxygens (including phenoxy) is 1. The number of aromatic nitrogens is 4. The summed E-state index contributed by atoms with van der Waals surface area (Å²) >= 11 is 5.23. The van der Waals surface area contributed by atoms with Gasteiger partial charge in [0.15, 0.2) is 10.4 Å². The van der Waals surface area contributed by atoms with E-state index >= 15 is 0 Å².